The molecule has 0 saturated heterocycles. The minimum Gasteiger partial charge on any atom is -0.343 e. The Bertz CT molecular complexity index is 408. The first-order chi connectivity index (χ1) is 7.31. The smallest absolute Gasteiger partial charge is 0.213 e. The Morgan fingerprint density at radius 2 is 2.47 bits per heavy atom. The lowest BCUT2D eigenvalue weighted by molar-refractivity contribution is 0.407. The monoisotopic (exact) mass is 207 g/mol. The van der Waals surface area contributed by atoms with E-state index in [1.54, 1.807) is 12.5 Å². The molecular formula is C9H13N5O. The van der Waals surface area contributed by atoms with E-state index in [2.05, 4.69) is 19.6 Å². The summed E-state index contributed by atoms with van der Waals surface area (Å²) in [6, 6.07) is -0.000555. The lowest BCUT2D eigenvalue weighted by Gasteiger charge is -2.10. The lowest BCUT2D eigenvalue weighted by atomic mass is 10.2. The number of rotatable bonds is 4. The van der Waals surface area contributed by atoms with Crippen LogP contribution in [0.4, 0.5) is 0 Å². The first kappa shape index (κ1) is 9.85. The molecule has 80 valence electrons. The highest BCUT2D eigenvalue weighted by molar-refractivity contribution is 5.05. The molecule has 2 heterocycles. The van der Waals surface area contributed by atoms with Crippen LogP contribution in [-0.4, -0.2) is 19.7 Å². The maximum atomic E-state index is 5.94. The predicted octanol–water partition coefficient (Wildman–Crippen LogP) is 0.724. The molecule has 0 amide bonds. The van der Waals surface area contributed by atoms with Crippen molar-refractivity contribution >= 4 is 0 Å². The van der Waals surface area contributed by atoms with Gasteiger partial charge in [-0.15, -0.1) is 0 Å². The van der Waals surface area contributed by atoms with E-state index in [4.69, 9.17) is 5.73 Å². The fraction of sp³-hybridized carbons (Fsp3) is 0.444. The van der Waals surface area contributed by atoms with Crippen molar-refractivity contribution in [3.8, 4) is 0 Å². The number of aromatic nitrogens is 4. The van der Waals surface area contributed by atoms with E-state index < -0.39 is 0 Å². The zero-order chi connectivity index (χ0) is 10.7. The minimum absolute atomic E-state index is 0.000555. The number of hydrogen-bond donors (Lipinski definition) is 1. The zero-order valence-electron chi connectivity index (χ0n) is 8.50. The van der Waals surface area contributed by atoms with Crippen molar-refractivity contribution < 1.29 is 4.52 Å². The van der Waals surface area contributed by atoms with Gasteiger partial charge in [0.25, 0.3) is 0 Å². The molecule has 0 radical (unpaired) electrons. The van der Waals surface area contributed by atoms with Gasteiger partial charge in [0.15, 0.2) is 5.82 Å². The van der Waals surface area contributed by atoms with Crippen LogP contribution >= 0.6 is 0 Å². The van der Waals surface area contributed by atoms with Crippen LogP contribution in [0.3, 0.4) is 0 Å². The fourth-order valence-electron chi connectivity index (χ4n) is 1.40. The molecule has 0 saturated carbocycles. The van der Waals surface area contributed by atoms with Gasteiger partial charge in [0.1, 0.15) is 0 Å². The van der Waals surface area contributed by atoms with Crippen LogP contribution in [0.15, 0.2) is 23.4 Å². The molecule has 2 rings (SSSR count). The molecule has 2 aromatic heterocycles. The summed E-state index contributed by atoms with van der Waals surface area (Å²) in [7, 11) is 0. The topological polar surface area (TPSA) is 82.8 Å². The molecule has 2 aromatic rings. The molecule has 0 spiro atoms. The van der Waals surface area contributed by atoms with Gasteiger partial charge in [-0.3, -0.25) is 0 Å². The fourth-order valence-corrected chi connectivity index (χ4v) is 1.40. The van der Waals surface area contributed by atoms with Gasteiger partial charge in [0, 0.05) is 12.2 Å². The van der Waals surface area contributed by atoms with Crippen molar-refractivity contribution in [2.24, 2.45) is 5.73 Å². The molecule has 2 N–H and O–H groups in total. The summed E-state index contributed by atoms with van der Waals surface area (Å²) in [6.45, 7) is 2.58. The molecule has 0 unspecified atom stereocenters. The van der Waals surface area contributed by atoms with Gasteiger partial charge in [-0.05, 0) is 6.42 Å². The van der Waals surface area contributed by atoms with Crippen molar-refractivity contribution in [3.05, 3.63) is 30.4 Å². The van der Waals surface area contributed by atoms with Gasteiger partial charge in [-0.25, -0.2) is 4.98 Å². The molecule has 0 aliphatic rings. The average Bonchev–Trinajstić information content (AvgIpc) is 2.88. The maximum absolute atomic E-state index is 5.94. The Hall–Kier alpha value is -1.69. The highest BCUT2D eigenvalue weighted by Crippen LogP contribution is 2.13. The molecule has 0 aliphatic carbocycles. The molecule has 6 nitrogen and oxygen atoms in total. The van der Waals surface area contributed by atoms with Crippen LogP contribution < -0.4 is 5.73 Å². The average molecular weight is 207 g/mol. The SMILES string of the molecule is CC[C@@H](N)c1cncn1Cc1ncon1. The molecular weight excluding hydrogens is 194 g/mol. The van der Waals surface area contributed by atoms with Crippen molar-refractivity contribution in [1.29, 1.82) is 0 Å². The van der Waals surface area contributed by atoms with Gasteiger partial charge in [-0.2, -0.15) is 4.98 Å². The van der Waals surface area contributed by atoms with Gasteiger partial charge >= 0.3 is 0 Å². The van der Waals surface area contributed by atoms with Gasteiger partial charge in [-0.1, -0.05) is 12.1 Å². The zero-order valence-corrected chi connectivity index (χ0v) is 8.50. The summed E-state index contributed by atoms with van der Waals surface area (Å²) in [5.74, 6) is 0.623. The Kier molecular flexibility index (Phi) is 2.77. The van der Waals surface area contributed by atoms with Gasteiger partial charge < -0.3 is 14.8 Å². The first-order valence-corrected chi connectivity index (χ1v) is 4.82. The molecule has 0 aromatic carbocycles. The van der Waals surface area contributed by atoms with E-state index in [0.717, 1.165) is 12.1 Å². The van der Waals surface area contributed by atoms with Crippen LogP contribution in [0.25, 0.3) is 0 Å². The van der Waals surface area contributed by atoms with Gasteiger partial charge in [0.05, 0.1) is 18.6 Å². The highest BCUT2D eigenvalue weighted by Gasteiger charge is 2.10. The second-order valence-corrected chi connectivity index (χ2v) is 3.31. The van der Waals surface area contributed by atoms with Crippen molar-refractivity contribution in [2.75, 3.05) is 0 Å². The lowest BCUT2D eigenvalue weighted by Crippen LogP contribution is -2.15. The minimum atomic E-state index is -0.000555. The van der Waals surface area contributed by atoms with Crippen LogP contribution in [0.5, 0.6) is 0 Å². The Labute approximate surface area is 87.1 Å². The maximum Gasteiger partial charge on any atom is 0.213 e. The van der Waals surface area contributed by atoms with Crippen LogP contribution in [0, 0.1) is 0 Å². The summed E-state index contributed by atoms with van der Waals surface area (Å²) < 4.78 is 6.59. The van der Waals surface area contributed by atoms with E-state index in [9.17, 15) is 0 Å². The number of nitrogens with zero attached hydrogens (tertiary/aromatic N) is 4. The first-order valence-electron chi connectivity index (χ1n) is 4.82. The van der Waals surface area contributed by atoms with E-state index in [1.165, 1.54) is 6.39 Å². The molecule has 0 fully saturated rings. The number of hydrogen-bond acceptors (Lipinski definition) is 5. The van der Waals surface area contributed by atoms with E-state index in [1.807, 2.05) is 11.5 Å². The summed E-state index contributed by atoms with van der Waals surface area (Å²) in [4.78, 5) is 8.02. The van der Waals surface area contributed by atoms with Crippen molar-refractivity contribution in [1.82, 2.24) is 19.7 Å². The van der Waals surface area contributed by atoms with E-state index in [0.29, 0.717) is 12.4 Å². The van der Waals surface area contributed by atoms with Crippen LogP contribution in [0.1, 0.15) is 30.9 Å². The van der Waals surface area contributed by atoms with Crippen molar-refractivity contribution in [2.45, 2.75) is 25.9 Å². The molecule has 0 aliphatic heterocycles. The normalized spacial score (nSPS) is 12.9. The molecule has 15 heavy (non-hydrogen) atoms. The highest BCUT2D eigenvalue weighted by atomic mass is 16.5. The number of nitrogens with two attached hydrogens (primary N) is 1. The third-order valence-electron chi connectivity index (χ3n) is 2.28. The summed E-state index contributed by atoms with van der Waals surface area (Å²) in [5, 5.41) is 3.74. The third-order valence-corrected chi connectivity index (χ3v) is 2.28. The quantitative estimate of drug-likeness (QED) is 0.798. The summed E-state index contributed by atoms with van der Waals surface area (Å²) >= 11 is 0. The van der Waals surface area contributed by atoms with Gasteiger partial charge in [0.2, 0.25) is 6.39 Å². The summed E-state index contributed by atoms with van der Waals surface area (Å²) in [5.41, 5.74) is 6.93. The molecule has 1 atom stereocenters. The van der Waals surface area contributed by atoms with Crippen LogP contribution in [0.2, 0.25) is 0 Å². The second kappa shape index (κ2) is 4.22. The summed E-state index contributed by atoms with van der Waals surface area (Å²) in [6.07, 6.45) is 5.68. The second-order valence-electron chi connectivity index (χ2n) is 3.31. The Morgan fingerprint density at radius 1 is 1.60 bits per heavy atom. The van der Waals surface area contributed by atoms with E-state index >= 15 is 0 Å². The molecule has 0 bridgehead atoms. The molecule has 6 heteroatoms. The number of imidazole rings is 1. The third kappa shape index (κ3) is 2.04. The van der Waals surface area contributed by atoms with Crippen molar-refractivity contribution in [3.63, 3.8) is 0 Å². The van der Waals surface area contributed by atoms with Crippen LogP contribution in [-0.2, 0) is 6.54 Å². The predicted molar refractivity (Wildman–Crippen MR) is 52.8 cm³/mol. The van der Waals surface area contributed by atoms with E-state index in [-0.39, 0.29) is 6.04 Å². The standard InChI is InChI=1S/C9H13N5O/c1-2-7(10)8-3-11-5-14(8)4-9-12-6-15-13-9/h3,5-7H,2,4,10H2,1H3/t7-/m1/s1. The Balaban J connectivity index is 2.18. The largest absolute Gasteiger partial charge is 0.343 e. The Morgan fingerprint density at radius 3 is 3.13 bits per heavy atom.